The van der Waals surface area contributed by atoms with E-state index in [-0.39, 0.29) is 30.5 Å². The summed E-state index contributed by atoms with van der Waals surface area (Å²) in [5, 5.41) is 16.8. The zero-order chi connectivity index (χ0) is 14.8. The molecule has 0 aromatic carbocycles. The molecule has 0 spiro atoms. The van der Waals surface area contributed by atoms with Crippen molar-refractivity contribution >= 4 is 41.7 Å². The van der Waals surface area contributed by atoms with Crippen molar-refractivity contribution in [3.05, 3.63) is 24.2 Å². The van der Waals surface area contributed by atoms with Crippen molar-refractivity contribution in [3.63, 3.8) is 0 Å². The lowest BCUT2D eigenvalue weighted by molar-refractivity contribution is 0.0437. The van der Waals surface area contributed by atoms with Crippen LogP contribution in [0.15, 0.2) is 27.8 Å². The van der Waals surface area contributed by atoms with Gasteiger partial charge < -0.3 is 20.2 Å². The Morgan fingerprint density at radius 3 is 2.81 bits per heavy atom. The largest absolute Gasteiger partial charge is 0.466 e. The Morgan fingerprint density at radius 1 is 1.48 bits per heavy atom. The van der Waals surface area contributed by atoms with E-state index in [0.717, 1.165) is 31.2 Å². The highest BCUT2D eigenvalue weighted by molar-refractivity contribution is 14.0. The first-order valence-electron chi connectivity index (χ1n) is 6.87. The average Bonchev–Trinajstić information content (AvgIpc) is 2.95. The van der Waals surface area contributed by atoms with Crippen molar-refractivity contribution in [1.82, 2.24) is 10.6 Å². The molecule has 0 aliphatic rings. The van der Waals surface area contributed by atoms with E-state index in [1.807, 2.05) is 18.7 Å². The second kappa shape index (κ2) is 11.2. The summed E-state index contributed by atoms with van der Waals surface area (Å²) in [7, 11) is 0. The lowest BCUT2D eigenvalue weighted by atomic mass is 10.0. The van der Waals surface area contributed by atoms with Crippen LogP contribution in [0.4, 0.5) is 0 Å². The van der Waals surface area contributed by atoms with Crippen LogP contribution in [-0.2, 0) is 5.60 Å². The number of furan rings is 1. The molecule has 122 valence electrons. The van der Waals surface area contributed by atoms with Crippen molar-refractivity contribution < 1.29 is 9.52 Å². The predicted octanol–water partition coefficient (Wildman–Crippen LogP) is 2.41. The van der Waals surface area contributed by atoms with Crippen LogP contribution in [0, 0.1) is 0 Å². The molecule has 7 heteroatoms. The second-order valence-corrected chi connectivity index (χ2v) is 5.71. The van der Waals surface area contributed by atoms with Crippen LogP contribution in [0.2, 0.25) is 0 Å². The van der Waals surface area contributed by atoms with Gasteiger partial charge in [-0.1, -0.05) is 0 Å². The van der Waals surface area contributed by atoms with Crippen molar-refractivity contribution in [2.75, 3.05) is 31.6 Å². The van der Waals surface area contributed by atoms with E-state index in [2.05, 4.69) is 21.9 Å². The molecule has 0 fully saturated rings. The maximum Gasteiger partial charge on any atom is 0.191 e. The first kappa shape index (κ1) is 20.6. The van der Waals surface area contributed by atoms with E-state index < -0.39 is 5.60 Å². The fourth-order valence-electron chi connectivity index (χ4n) is 1.66. The zero-order valence-corrected chi connectivity index (χ0v) is 16.0. The Bertz CT molecular complexity index is 397. The standard InChI is InChI=1S/C14H25N3O2S.HI/c1-4-15-13(16-8-6-10-20-3)17-11-14(2,18)12-7-5-9-19-12;/h5,7,9,18H,4,6,8,10-11H2,1-3H3,(H2,15,16,17);1H. The third kappa shape index (κ3) is 7.96. The van der Waals surface area contributed by atoms with Crippen LogP contribution in [-0.4, -0.2) is 42.7 Å². The normalized spacial score (nSPS) is 14.2. The molecular formula is C14H26IN3O2S. The maximum absolute atomic E-state index is 10.3. The van der Waals surface area contributed by atoms with Crippen LogP contribution < -0.4 is 10.6 Å². The number of halogens is 1. The van der Waals surface area contributed by atoms with Gasteiger partial charge in [-0.15, -0.1) is 24.0 Å². The van der Waals surface area contributed by atoms with Gasteiger partial charge in [-0.25, -0.2) is 4.99 Å². The van der Waals surface area contributed by atoms with E-state index in [0.29, 0.717) is 5.76 Å². The van der Waals surface area contributed by atoms with E-state index in [4.69, 9.17) is 4.42 Å². The third-order valence-corrected chi connectivity index (χ3v) is 3.46. The van der Waals surface area contributed by atoms with Crippen LogP contribution in [0.1, 0.15) is 26.0 Å². The van der Waals surface area contributed by atoms with Crippen LogP contribution >= 0.6 is 35.7 Å². The molecule has 5 nitrogen and oxygen atoms in total. The fourth-order valence-corrected chi connectivity index (χ4v) is 2.09. The molecule has 1 aromatic rings. The lowest BCUT2D eigenvalue weighted by Crippen LogP contribution is -2.39. The predicted molar refractivity (Wildman–Crippen MR) is 101 cm³/mol. The number of nitrogens with zero attached hydrogens (tertiary/aromatic N) is 1. The molecule has 3 N–H and O–H groups in total. The molecule has 0 saturated heterocycles. The summed E-state index contributed by atoms with van der Waals surface area (Å²) in [6.45, 7) is 5.63. The Kier molecular flexibility index (Phi) is 11.0. The molecule has 0 radical (unpaired) electrons. The zero-order valence-electron chi connectivity index (χ0n) is 12.9. The summed E-state index contributed by atoms with van der Waals surface area (Å²) in [5.74, 6) is 2.37. The van der Waals surface area contributed by atoms with Crippen molar-refractivity contribution in [2.24, 2.45) is 4.99 Å². The molecule has 1 unspecified atom stereocenters. The monoisotopic (exact) mass is 427 g/mol. The number of aliphatic hydroxyl groups is 1. The SMILES string of the molecule is CCNC(=NCC(C)(O)c1ccco1)NCCCSC.I. The maximum atomic E-state index is 10.3. The smallest absolute Gasteiger partial charge is 0.191 e. The average molecular weight is 427 g/mol. The summed E-state index contributed by atoms with van der Waals surface area (Å²) >= 11 is 1.83. The Morgan fingerprint density at radius 2 is 2.24 bits per heavy atom. The lowest BCUT2D eigenvalue weighted by Gasteiger charge is -2.19. The molecule has 0 aliphatic carbocycles. The number of nitrogens with one attached hydrogen (secondary N) is 2. The highest BCUT2D eigenvalue weighted by Gasteiger charge is 2.25. The van der Waals surface area contributed by atoms with E-state index in [1.54, 1.807) is 25.3 Å². The topological polar surface area (TPSA) is 69.8 Å². The van der Waals surface area contributed by atoms with Gasteiger partial charge in [0.15, 0.2) is 5.96 Å². The minimum absolute atomic E-state index is 0. The number of hydrogen-bond donors (Lipinski definition) is 3. The molecule has 0 bridgehead atoms. The Balaban J connectivity index is 0.00000400. The van der Waals surface area contributed by atoms with Gasteiger partial charge in [0, 0.05) is 13.1 Å². The van der Waals surface area contributed by atoms with Crippen molar-refractivity contribution in [2.45, 2.75) is 25.9 Å². The van der Waals surface area contributed by atoms with Gasteiger partial charge in [-0.3, -0.25) is 0 Å². The van der Waals surface area contributed by atoms with Crippen LogP contribution in [0.5, 0.6) is 0 Å². The molecule has 0 aliphatic heterocycles. The molecule has 0 saturated carbocycles. The summed E-state index contributed by atoms with van der Waals surface area (Å²) in [5.41, 5.74) is -1.09. The van der Waals surface area contributed by atoms with Gasteiger partial charge in [-0.2, -0.15) is 11.8 Å². The number of guanidine groups is 1. The molecular weight excluding hydrogens is 401 g/mol. The van der Waals surface area contributed by atoms with Gasteiger partial charge in [0.2, 0.25) is 0 Å². The first-order chi connectivity index (χ1) is 9.60. The Hall–Kier alpha value is -0.410. The summed E-state index contributed by atoms with van der Waals surface area (Å²) in [4.78, 5) is 4.42. The van der Waals surface area contributed by atoms with Crippen LogP contribution in [0.25, 0.3) is 0 Å². The van der Waals surface area contributed by atoms with Crippen molar-refractivity contribution in [3.8, 4) is 0 Å². The van der Waals surface area contributed by atoms with Gasteiger partial charge >= 0.3 is 0 Å². The van der Waals surface area contributed by atoms with Gasteiger partial charge in [0.05, 0.1) is 12.8 Å². The number of hydrogen-bond acceptors (Lipinski definition) is 4. The van der Waals surface area contributed by atoms with Gasteiger partial charge in [0.25, 0.3) is 0 Å². The minimum atomic E-state index is -1.09. The fraction of sp³-hybridized carbons (Fsp3) is 0.643. The summed E-state index contributed by atoms with van der Waals surface area (Å²) in [6, 6.07) is 3.52. The second-order valence-electron chi connectivity index (χ2n) is 4.72. The molecule has 1 rings (SSSR count). The van der Waals surface area contributed by atoms with Gasteiger partial charge in [-0.05, 0) is 44.4 Å². The van der Waals surface area contributed by atoms with E-state index in [9.17, 15) is 5.11 Å². The number of aliphatic imine (C=N–C) groups is 1. The van der Waals surface area contributed by atoms with Crippen molar-refractivity contribution in [1.29, 1.82) is 0 Å². The minimum Gasteiger partial charge on any atom is -0.466 e. The molecule has 1 heterocycles. The Labute approximate surface area is 148 Å². The number of rotatable bonds is 8. The summed E-state index contributed by atoms with van der Waals surface area (Å²) in [6.07, 6.45) is 4.74. The highest BCUT2D eigenvalue weighted by Crippen LogP contribution is 2.20. The highest BCUT2D eigenvalue weighted by atomic mass is 127. The molecule has 0 amide bonds. The first-order valence-corrected chi connectivity index (χ1v) is 8.27. The number of thioether (sulfide) groups is 1. The van der Waals surface area contributed by atoms with Gasteiger partial charge in [0.1, 0.15) is 11.4 Å². The molecule has 21 heavy (non-hydrogen) atoms. The molecule has 1 atom stereocenters. The van der Waals surface area contributed by atoms with E-state index in [1.165, 1.54) is 0 Å². The quantitative estimate of drug-likeness (QED) is 0.257. The van der Waals surface area contributed by atoms with Crippen LogP contribution in [0.3, 0.4) is 0 Å². The van der Waals surface area contributed by atoms with E-state index >= 15 is 0 Å². The summed E-state index contributed by atoms with van der Waals surface area (Å²) < 4.78 is 5.24. The molecule has 1 aromatic heterocycles. The third-order valence-electron chi connectivity index (χ3n) is 2.76.